The number of benzene rings is 2. The molecule has 0 aromatic heterocycles. The molecule has 154 valence electrons. The minimum Gasteiger partial charge on any atom is -0.507 e. The van der Waals surface area contributed by atoms with Crippen LogP contribution in [0.1, 0.15) is 63.8 Å². The molecule has 0 unspecified atom stereocenters. The normalized spacial score (nSPS) is 13.2. The van der Waals surface area contributed by atoms with E-state index in [4.69, 9.17) is 0 Å². The zero-order valence-corrected chi connectivity index (χ0v) is 19.0. The van der Waals surface area contributed by atoms with Gasteiger partial charge in [0.25, 0.3) is 0 Å². The molecule has 0 aliphatic carbocycles. The van der Waals surface area contributed by atoms with E-state index in [-0.39, 0.29) is 26.4 Å². The van der Waals surface area contributed by atoms with Crippen molar-refractivity contribution in [1.29, 1.82) is 5.26 Å². The third-order valence-electron chi connectivity index (χ3n) is 4.78. The average molecular weight is 412 g/mol. The van der Waals surface area contributed by atoms with Gasteiger partial charge in [0.1, 0.15) is 16.7 Å². The van der Waals surface area contributed by atoms with Gasteiger partial charge in [-0.05, 0) is 53.7 Å². The summed E-state index contributed by atoms with van der Waals surface area (Å²) in [6.07, 6.45) is 1.39. The highest BCUT2D eigenvalue weighted by molar-refractivity contribution is 7.95. The molecule has 0 saturated carbocycles. The van der Waals surface area contributed by atoms with Crippen molar-refractivity contribution in [3.63, 3.8) is 0 Å². The largest absolute Gasteiger partial charge is 0.507 e. The Bertz CT molecular complexity index is 1050. The third-order valence-corrected chi connectivity index (χ3v) is 6.46. The van der Waals surface area contributed by atoms with E-state index in [2.05, 4.69) is 0 Å². The Morgan fingerprint density at radius 1 is 0.966 bits per heavy atom. The number of hydrogen-bond acceptors (Lipinski definition) is 4. The molecular formula is C24H29NO3S. The number of aryl methyl sites for hydroxylation is 1. The Labute approximate surface area is 174 Å². The summed E-state index contributed by atoms with van der Waals surface area (Å²) in [6.45, 7) is 13.8. The second-order valence-electron chi connectivity index (χ2n) is 9.40. The van der Waals surface area contributed by atoms with E-state index in [0.29, 0.717) is 16.7 Å². The lowest BCUT2D eigenvalue weighted by Gasteiger charge is -2.28. The van der Waals surface area contributed by atoms with Gasteiger partial charge < -0.3 is 5.11 Å². The van der Waals surface area contributed by atoms with Crippen LogP contribution in [-0.4, -0.2) is 13.5 Å². The summed E-state index contributed by atoms with van der Waals surface area (Å²) < 4.78 is 25.9. The van der Waals surface area contributed by atoms with Gasteiger partial charge in [-0.2, -0.15) is 5.26 Å². The average Bonchev–Trinajstić information content (AvgIpc) is 2.58. The molecule has 0 spiro atoms. The maximum atomic E-state index is 13.0. The lowest BCUT2D eigenvalue weighted by molar-refractivity contribution is 0.423. The van der Waals surface area contributed by atoms with Gasteiger partial charge in [0.2, 0.25) is 9.84 Å². The molecule has 0 radical (unpaired) electrons. The first kappa shape index (κ1) is 22.7. The SMILES string of the molecule is Cc1ccc(S(=O)(=O)C(C#N)=Cc2cc(C(C)(C)C)c(O)c(C(C)(C)C)c2)cc1. The van der Waals surface area contributed by atoms with Gasteiger partial charge in [-0.25, -0.2) is 8.42 Å². The minimum absolute atomic E-state index is 0.0850. The molecule has 1 N–H and O–H groups in total. The number of nitriles is 1. The Morgan fingerprint density at radius 3 is 1.79 bits per heavy atom. The van der Waals surface area contributed by atoms with Crippen molar-refractivity contribution in [3.05, 3.63) is 63.6 Å². The summed E-state index contributed by atoms with van der Waals surface area (Å²) in [4.78, 5) is -0.242. The lowest BCUT2D eigenvalue weighted by atomic mass is 9.78. The number of allylic oxidation sites excluding steroid dienone is 1. The van der Waals surface area contributed by atoms with Crippen molar-refractivity contribution in [1.82, 2.24) is 0 Å². The maximum Gasteiger partial charge on any atom is 0.216 e. The quantitative estimate of drug-likeness (QED) is 0.664. The molecule has 0 amide bonds. The Hall–Kier alpha value is -2.58. The van der Waals surface area contributed by atoms with Gasteiger partial charge in [0.15, 0.2) is 0 Å². The van der Waals surface area contributed by atoms with Gasteiger partial charge in [-0.1, -0.05) is 59.2 Å². The Kier molecular flexibility index (Phi) is 6.02. The van der Waals surface area contributed by atoms with Crippen LogP contribution in [-0.2, 0) is 20.7 Å². The monoisotopic (exact) mass is 411 g/mol. The molecule has 2 aromatic rings. The summed E-state index contributed by atoms with van der Waals surface area (Å²) >= 11 is 0. The highest BCUT2D eigenvalue weighted by atomic mass is 32.2. The molecule has 0 saturated heterocycles. The minimum atomic E-state index is -3.94. The van der Waals surface area contributed by atoms with E-state index in [0.717, 1.165) is 5.56 Å². The van der Waals surface area contributed by atoms with E-state index < -0.39 is 9.84 Å². The van der Waals surface area contributed by atoms with E-state index >= 15 is 0 Å². The summed E-state index contributed by atoms with van der Waals surface area (Å²) in [7, 11) is -3.94. The van der Waals surface area contributed by atoms with Crippen LogP contribution < -0.4 is 0 Å². The van der Waals surface area contributed by atoms with Gasteiger partial charge in [0.05, 0.1) is 4.90 Å². The van der Waals surface area contributed by atoms with Gasteiger partial charge in [-0.15, -0.1) is 0 Å². The molecule has 4 nitrogen and oxygen atoms in total. The molecule has 0 heterocycles. The van der Waals surface area contributed by atoms with Crippen molar-refractivity contribution in [2.45, 2.75) is 64.2 Å². The second kappa shape index (κ2) is 7.68. The van der Waals surface area contributed by atoms with Crippen LogP contribution in [0.25, 0.3) is 6.08 Å². The summed E-state index contributed by atoms with van der Waals surface area (Å²) in [5, 5.41) is 20.4. The van der Waals surface area contributed by atoms with Crippen LogP contribution in [0.2, 0.25) is 0 Å². The molecule has 0 fully saturated rings. The molecule has 0 atom stereocenters. The number of sulfone groups is 1. The fourth-order valence-corrected chi connectivity index (χ4v) is 4.21. The lowest BCUT2D eigenvalue weighted by Crippen LogP contribution is -2.17. The Balaban J connectivity index is 2.73. The number of nitrogens with zero attached hydrogens (tertiary/aromatic N) is 1. The second-order valence-corrected chi connectivity index (χ2v) is 11.3. The molecular weight excluding hydrogens is 382 g/mol. The third kappa shape index (κ3) is 4.89. The summed E-state index contributed by atoms with van der Waals surface area (Å²) in [6, 6.07) is 11.8. The highest BCUT2D eigenvalue weighted by Crippen LogP contribution is 2.40. The number of rotatable bonds is 3. The number of hydrogen-bond donors (Lipinski definition) is 1. The predicted octanol–water partition coefficient (Wildman–Crippen LogP) is 5.63. The van der Waals surface area contributed by atoms with Crippen LogP contribution in [0, 0.1) is 18.3 Å². The summed E-state index contributed by atoms with van der Waals surface area (Å²) in [5.41, 5.74) is 2.23. The molecule has 2 rings (SSSR count). The van der Waals surface area contributed by atoms with Gasteiger partial charge in [-0.3, -0.25) is 0 Å². The van der Waals surface area contributed by atoms with E-state index in [1.165, 1.54) is 18.2 Å². The molecule has 0 bridgehead atoms. The van der Waals surface area contributed by atoms with E-state index in [9.17, 15) is 18.8 Å². The highest BCUT2D eigenvalue weighted by Gasteiger charge is 2.27. The van der Waals surface area contributed by atoms with Crippen molar-refractivity contribution >= 4 is 15.9 Å². The number of phenols is 1. The number of aromatic hydroxyl groups is 1. The first-order valence-corrected chi connectivity index (χ1v) is 11.0. The zero-order valence-electron chi connectivity index (χ0n) is 18.2. The standard InChI is InChI=1S/C24H29NO3S/c1-16-8-10-18(11-9-16)29(27,28)19(15-25)12-17-13-20(23(2,3)4)22(26)21(14-17)24(5,6)7/h8-14,26H,1-7H3. The Morgan fingerprint density at radius 2 is 1.41 bits per heavy atom. The first-order valence-electron chi connectivity index (χ1n) is 9.49. The molecule has 0 aliphatic heterocycles. The summed E-state index contributed by atoms with van der Waals surface area (Å²) in [5.74, 6) is 0.210. The topological polar surface area (TPSA) is 78.2 Å². The van der Waals surface area contributed by atoms with Crippen molar-refractivity contribution in [2.24, 2.45) is 0 Å². The van der Waals surface area contributed by atoms with Crippen molar-refractivity contribution in [3.8, 4) is 11.8 Å². The van der Waals surface area contributed by atoms with Crippen molar-refractivity contribution in [2.75, 3.05) is 0 Å². The predicted molar refractivity (Wildman–Crippen MR) is 117 cm³/mol. The van der Waals surface area contributed by atoms with Crippen molar-refractivity contribution < 1.29 is 13.5 Å². The first-order chi connectivity index (χ1) is 13.2. The maximum absolute atomic E-state index is 13.0. The smallest absolute Gasteiger partial charge is 0.216 e. The van der Waals surface area contributed by atoms with E-state index in [1.807, 2.05) is 54.5 Å². The van der Waals surface area contributed by atoms with Crippen LogP contribution in [0.4, 0.5) is 0 Å². The van der Waals surface area contributed by atoms with Crippen LogP contribution in [0.5, 0.6) is 5.75 Å². The fourth-order valence-electron chi connectivity index (χ4n) is 3.05. The van der Waals surface area contributed by atoms with Crippen LogP contribution in [0.3, 0.4) is 0 Å². The molecule has 29 heavy (non-hydrogen) atoms. The zero-order chi connectivity index (χ0) is 22.2. The fraction of sp³-hybridized carbons (Fsp3) is 0.375. The molecule has 0 aliphatic rings. The van der Waals surface area contributed by atoms with Gasteiger partial charge in [0, 0.05) is 11.1 Å². The molecule has 2 aromatic carbocycles. The number of phenolic OH excluding ortho intramolecular Hbond substituents is 1. The van der Waals surface area contributed by atoms with Gasteiger partial charge >= 0.3 is 0 Å². The van der Waals surface area contributed by atoms with Crippen LogP contribution >= 0.6 is 0 Å². The molecule has 5 heteroatoms. The van der Waals surface area contributed by atoms with E-state index in [1.54, 1.807) is 24.3 Å². The van der Waals surface area contributed by atoms with Crippen LogP contribution in [0.15, 0.2) is 46.2 Å².